The van der Waals surface area contributed by atoms with Gasteiger partial charge >= 0.3 is 12.4 Å². The van der Waals surface area contributed by atoms with Crippen LogP contribution in [-0.2, 0) is 17.1 Å². The number of hydrogen-bond acceptors (Lipinski definition) is 4. The molecule has 0 unspecified atom stereocenters. The Morgan fingerprint density at radius 3 is 2.35 bits per heavy atom. The van der Waals surface area contributed by atoms with Gasteiger partial charge in [-0.15, -0.1) is 0 Å². The van der Waals surface area contributed by atoms with E-state index >= 15 is 0 Å². The number of nitrogens with zero attached hydrogens (tertiary/aromatic N) is 2. The zero-order valence-corrected chi connectivity index (χ0v) is 16.5. The second-order valence-corrected chi connectivity index (χ2v) is 7.18. The van der Waals surface area contributed by atoms with Crippen LogP contribution in [0.4, 0.5) is 26.3 Å². The van der Waals surface area contributed by atoms with Crippen LogP contribution in [0.25, 0.3) is 16.6 Å². The number of hydrogen-bond donors (Lipinski definition) is 1. The number of rotatable bonds is 4. The molecule has 12 heteroatoms. The first-order valence-electron chi connectivity index (χ1n) is 8.57. The Kier molecular flexibility index (Phi) is 6.03. The maximum Gasteiger partial charge on any atom is 0.418 e. The summed E-state index contributed by atoms with van der Waals surface area (Å²) in [4.78, 5) is 28.8. The molecule has 0 aliphatic rings. The van der Waals surface area contributed by atoms with E-state index in [0.717, 1.165) is 0 Å². The molecule has 5 nitrogen and oxygen atoms in total. The van der Waals surface area contributed by atoms with Gasteiger partial charge in [-0.05, 0) is 30.3 Å². The number of thioether (sulfide) groups is 1. The van der Waals surface area contributed by atoms with E-state index in [2.05, 4.69) is 10.3 Å². The van der Waals surface area contributed by atoms with Crippen molar-refractivity contribution in [1.29, 1.82) is 0 Å². The number of nitrogens with one attached hydrogen (secondary N) is 1. The summed E-state index contributed by atoms with van der Waals surface area (Å²) in [6.45, 7) is 0. The van der Waals surface area contributed by atoms with Gasteiger partial charge < -0.3 is 5.32 Å². The molecule has 0 bridgehead atoms. The van der Waals surface area contributed by atoms with Crippen molar-refractivity contribution in [3.05, 3.63) is 63.9 Å². The lowest BCUT2D eigenvalue weighted by atomic mass is 10.1. The first-order valence-corrected chi connectivity index (χ1v) is 9.56. The molecule has 1 N–H and O–H groups in total. The normalized spacial score (nSPS) is 12.2. The number of carbonyl (C=O) groups is 1. The quantitative estimate of drug-likeness (QED) is 0.358. The van der Waals surface area contributed by atoms with Crippen molar-refractivity contribution < 1.29 is 31.1 Å². The van der Waals surface area contributed by atoms with Crippen LogP contribution < -0.4 is 10.9 Å². The predicted molar refractivity (Wildman–Crippen MR) is 102 cm³/mol. The minimum atomic E-state index is -5.05. The van der Waals surface area contributed by atoms with E-state index in [9.17, 15) is 35.9 Å². The second-order valence-electron chi connectivity index (χ2n) is 6.24. The molecule has 0 fully saturated rings. The molecule has 0 atom stereocenters. The Hall–Kier alpha value is -3.02. The topological polar surface area (TPSA) is 64.0 Å². The molecule has 3 rings (SSSR count). The molecule has 0 aliphatic heterocycles. The third-order valence-corrected chi connectivity index (χ3v) is 5.17. The lowest BCUT2D eigenvalue weighted by molar-refractivity contribution is -0.141. The molecule has 1 amide bonds. The molecule has 0 saturated heterocycles. The van der Waals surface area contributed by atoms with Crippen LogP contribution in [0, 0.1) is 0 Å². The van der Waals surface area contributed by atoms with Gasteiger partial charge in [0, 0.05) is 7.05 Å². The van der Waals surface area contributed by atoms with Gasteiger partial charge in [0.05, 0.1) is 33.5 Å². The fourth-order valence-corrected chi connectivity index (χ4v) is 3.63. The molecule has 164 valence electrons. The summed E-state index contributed by atoms with van der Waals surface area (Å²) in [5, 5.41) is 1.87. The van der Waals surface area contributed by atoms with E-state index in [0.29, 0.717) is 22.4 Å². The van der Waals surface area contributed by atoms with Crippen molar-refractivity contribution in [2.45, 2.75) is 17.5 Å². The van der Waals surface area contributed by atoms with E-state index in [1.54, 1.807) is 0 Å². The monoisotopic (exact) mass is 461 g/mol. The molecule has 0 spiro atoms. The summed E-state index contributed by atoms with van der Waals surface area (Å²) in [6, 6.07) is 6.54. The van der Waals surface area contributed by atoms with Gasteiger partial charge in [-0.1, -0.05) is 23.9 Å². The summed E-state index contributed by atoms with van der Waals surface area (Å²) >= 11 is 0.627. The van der Waals surface area contributed by atoms with Crippen LogP contribution >= 0.6 is 11.8 Å². The first kappa shape index (κ1) is 22.7. The molecule has 1 heterocycles. The van der Waals surface area contributed by atoms with Crippen molar-refractivity contribution in [3.63, 3.8) is 0 Å². The number of halogens is 6. The molecule has 1 aromatic heterocycles. The van der Waals surface area contributed by atoms with Gasteiger partial charge in [-0.3, -0.25) is 14.2 Å². The number of benzene rings is 2. The molecule has 3 aromatic rings. The number of alkyl halides is 6. The van der Waals surface area contributed by atoms with Gasteiger partial charge in [0.1, 0.15) is 0 Å². The van der Waals surface area contributed by atoms with Crippen LogP contribution in [0.2, 0.25) is 0 Å². The standard InChI is InChI=1S/C19H13F6N3O2S/c1-26-15(29)9-31-17-27-13-5-3-2-4-11(13)16(30)28(17)14-8-10(18(20,21)22)6-7-12(14)19(23,24)25/h2-8H,9H2,1H3,(H,26,29). The van der Waals surface area contributed by atoms with E-state index < -0.39 is 40.6 Å². The molecule has 0 saturated carbocycles. The van der Waals surface area contributed by atoms with Crippen LogP contribution in [0.5, 0.6) is 0 Å². The number of para-hydroxylation sites is 1. The summed E-state index contributed by atoms with van der Waals surface area (Å²) in [5.41, 5.74) is -4.69. The Balaban J connectivity index is 2.38. The molecular weight excluding hydrogens is 448 g/mol. The molecule has 0 aliphatic carbocycles. The Morgan fingerprint density at radius 1 is 1.06 bits per heavy atom. The highest BCUT2D eigenvalue weighted by Crippen LogP contribution is 2.38. The average molecular weight is 461 g/mol. The maximum absolute atomic E-state index is 13.6. The van der Waals surface area contributed by atoms with Crippen LogP contribution in [0.15, 0.2) is 52.4 Å². The fraction of sp³-hybridized carbons (Fsp3) is 0.211. The van der Waals surface area contributed by atoms with Crippen molar-refractivity contribution in [3.8, 4) is 5.69 Å². The van der Waals surface area contributed by atoms with Gasteiger partial charge in [0.2, 0.25) is 5.91 Å². The minimum Gasteiger partial charge on any atom is -0.358 e. The second kappa shape index (κ2) is 8.25. The van der Waals surface area contributed by atoms with Crippen molar-refractivity contribution >= 4 is 28.6 Å². The van der Waals surface area contributed by atoms with E-state index in [4.69, 9.17) is 0 Å². The fourth-order valence-electron chi connectivity index (χ4n) is 2.76. The smallest absolute Gasteiger partial charge is 0.358 e. The highest BCUT2D eigenvalue weighted by Gasteiger charge is 2.38. The van der Waals surface area contributed by atoms with Crippen LogP contribution in [-0.4, -0.2) is 28.3 Å². The van der Waals surface area contributed by atoms with Crippen molar-refractivity contribution in [1.82, 2.24) is 14.9 Å². The van der Waals surface area contributed by atoms with E-state index in [1.165, 1.54) is 31.3 Å². The lowest BCUT2D eigenvalue weighted by Gasteiger charge is -2.19. The third kappa shape index (κ3) is 4.68. The minimum absolute atomic E-state index is 0.0858. The summed E-state index contributed by atoms with van der Waals surface area (Å²) < 4.78 is 81.0. The van der Waals surface area contributed by atoms with Crippen molar-refractivity contribution in [2.75, 3.05) is 12.8 Å². The summed E-state index contributed by atoms with van der Waals surface area (Å²) in [6.07, 6.45) is -9.99. The number of aromatic nitrogens is 2. The highest BCUT2D eigenvalue weighted by molar-refractivity contribution is 7.99. The van der Waals surface area contributed by atoms with Crippen LogP contribution in [0.3, 0.4) is 0 Å². The first-order chi connectivity index (χ1) is 14.4. The Labute approximate surface area is 175 Å². The largest absolute Gasteiger partial charge is 0.418 e. The van der Waals surface area contributed by atoms with Crippen molar-refractivity contribution in [2.24, 2.45) is 0 Å². The zero-order valence-electron chi connectivity index (χ0n) is 15.6. The molecular formula is C19H13F6N3O2S. The maximum atomic E-state index is 13.6. The van der Waals surface area contributed by atoms with E-state index in [1.807, 2.05) is 0 Å². The summed E-state index contributed by atoms with van der Waals surface area (Å²) in [5.74, 6) is -0.833. The summed E-state index contributed by atoms with van der Waals surface area (Å²) in [7, 11) is 1.33. The molecule has 2 aromatic carbocycles. The number of fused-ring (bicyclic) bond motifs is 1. The molecule has 0 radical (unpaired) electrons. The predicted octanol–water partition coefficient (Wildman–Crippen LogP) is 4.26. The van der Waals surface area contributed by atoms with Gasteiger partial charge in [0.25, 0.3) is 5.56 Å². The SMILES string of the molecule is CNC(=O)CSc1nc2ccccc2c(=O)n1-c1cc(C(F)(F)F)ccc1C(F)(F)F. The lowest BCUT2D eigenvalue weighted by Crippen LogP contribution is -2.26. The van der Waals surface area contributed by atoms with E-state index in [-0.39, 0.29) is 33.9 Å². The third-order valence-electron chi connectivity index (χ3n) is 4.23. The van der Waals surface area contributed by atoms with Gasteiger partial charge in [-0.25, -0.2) is 4.98 Å². The Bertz CT molecular complexity index is 1200. The van der Waals surface area contributed by atoms with Crippen LogP contribution in [0.1, 0.15) is 11.1 Å². The number of amides is 1. The van der Waals surface area contributed by atoms with Gasteiger partial charge in [-0.2, -0.15) is 26.3 Å². The average Bonchev–Trinajstić information content (AvgIpc) is 2.70. The molecule has 31 heavy (non-hydrogen) atoms. The number of carbonyl (C=O) groups excluding carboxylic acids is 1. The highest BCUT2D eigenvalue weighted by atomic mass is 32.2. The van der Waals surface area contributed by atoms with Gasteiger partial charge in [0.15, 0.2) is 5.16 Å². The Morgan fingerprint density at radius 2 is 1.74 bits per heavy atom. The zero-order chi connectivity index (χ0) is 23.0.